The van der Waals surface area contributed by atoms with Crippen LogP contribution in [0.5, 0.6) is 5.75 Å². The molecule has 6 nitrogen and oxygen atoms in total. The zero-order chi connectivity index (χ0) is 17.7. The van der Waals surface area contributed by atoms with Gasteiger partial charge in [-0.25, -0.2) is 9.97 Å². The number of aromatic nitrogens is 2. The van der Waals surface area contributed by atoms with Gasteiger partial charge in [-0.3, -0.25) is 9.59 Å². The van der Waals surface area contributed by atoms with Gasteiger partial charge in [-0.1, -0.05) is 26.8 Å². The van der Waals surface area contributed by atoms with E-state index in [-0.39, 0.29) is 11.3 Å². The van der Waals surface area contributed by atoms with Gasteiger partial charge < -0.3 is 10.1 Å². The summed E-state index contributed by atoms with van der Waals surface area (Å²) in [7, 11) is 0. The molecule has 1 amide bonds. The number of rotatable bonds is 4. The molecule has 24 heavy (non-hydrogen) atoms. The Morgan fingerprint density at radius 1 is 1.25 bits per heavy atom. The lowest BCUT2D eigenvalue weighted by Crippen LogP contribution is -2.26. The van der Waals surface area contributed by atoms with Crippen LogP contribution < -0.4 is 10.1 Å². The minimum atomic E-state index is -0.427. The first kappa shape index (κ1) is 17.6. The maximum absolute atomic E-state index is 12.3. The van der Waals surface area contributed by atoms with E-state index in [2.05, 4.69) is 36.1 Å². The average Bonchev–Trinajstić information content (AvgIpc) is 2.51. The predicted molar refractivity (Wildman–Crippen MR) is 89.7 cm³/mol. The third kappa shape index (κ3) is 4.62. The predicted octanol–water partition coefficient (Wildman–Crippen LogP) is 2.63. The molecule has 1 heterocycles. The molecule has 0 radical (unpaired) electrons. The van der Waals surface area contributed by atoms with Gasteiger partial charge in [-0.05, 0) is 18.2 Å². The van der Waals surface area contributed by atoms with Gasteiger partial charge in [0.1, 0.15) is 12.1 Å². The second kappa shape index (κ2) is 7.21. The van der Waals surface area contributed by atoms with Crippen LogP contribution >= 0.6 is 0 Å². The quantitative estimate of drug-likeness (QED) is 0.689. The van der Waals surface area contributed by atoms with Crippen molar-refractivity contribution in [1.29, 1.82) is 0 Å². The number of esters is 1. The van der Waals surface area contributed by atoms with Crippen LogP contribution in [0.15, 0.2) is 36.8 Å². The van der Waals surface area contributed by atoms with Crippen molar-refractivity contribution in [3.05, 3.63) is 53.6 Å². The number of nitrogens with one attached hydrogen (secondary N) is 1. The van der Waals surface area contributed by atoms with Crippen molar-refractivity contribution in [2.24, 2.45) is 0 Å². The van der Waals surface area contributed by atoms with Crippen LogP contribution in [0.2, 0.25) is 0 Å². The van der Waals surface area contributed by atoms with Crippen LogP contribution in [0.1, 0.15) is 49.3 Å². The maximum Gasteiger partial charge on any atom is 0.308 e. The van der Waals surface area contributed by atoms with Crippen LogP contribution in [0.4, 0.5) is 0 Å². The Kier molecular flexibility index (Phi) is 5.28. The molecule has 126 valence electrons. The molecule has 0 saturated heterocycles. The minimum Gasteiger partial charge on any atom is -0.427 e. The number of nitrogens with zero attached hydrogens (tertiary/aromatic N) is 2. The number of carbonyl (C=O) groups is 2. The molecule has 1 aromatic carbocycles. The van der Waals surface area contributed by atoms with Crippen LogP contribution in [-0.2, 0) is 16.8 Å². The Hall–Kier alpha value is -2.76. The minimum absolute atomic E-state index is 0.141. The van der Waals surface area contributed by atoms with E-state index < -0.39 is 5.97 Å². The largest absolute Gasteiger partial charge is 0.427 e. The summed E-state index contributed by atoms with van der Waals surface area (Å²) in [6, 6.07) is 6.48. The van der Waals surface area contributed by atoms with Crippen molar-refractivity contribution in [2.45, 2.75) is 39.7 Å². The fourth-order valence-electron chi connectivity index (χ4n) is 2.31. The molecule has 0 spiro atoms. The van der Waals surface area contributed by atoms with Crippen molar-refractivity contribution in [1.82, 2.24) is 15.3 Å². The summed E-state index contributed by atoms with van der Waals surface area (Å²) in [5.41, 5.74) is 2.04. The molecule has 6 heteroatoms. The van der Waals surface area contributed by atoms with E-state index in [1.165, 1.54) is 19.3 Å². The standard InChI is InChI=1S/C18H21N3O3/c1-12(22)24-15-7-5-6-13(8-15)17(23)20-10-14-9-19-11-21-16(14)18(2,3)4/h5-9,11H,10H2,1-4H3,(H,20,23). The highest BCUT2D eigenvalue weighted by Crippen LogP contribution is 2.22. The number of benzene rings is 1. The van der Waals surface area contributed by atoms with Gasteiger partial charge in [0.15, 0.2) is 0 Å². The monoisotopic (exact) mass is 327 g/mol. The van der Waals surface area contributed by atoms with Gasteiger partial charge in [-0.2, -0.15) is 0 Å². The van der Waals surface area contributed by atoms with Crippen molar-refractivity contribution >= 4 is 11.9 Å². The molecule has 0 saturated carbocycles. The first-order valence-corrected chi connectivity index (χ1v) is 7.63. The van der Waals surface area contributed by atoms with E-state index in [1.54, 1.807) is 24.4 Å². The first-order valence-electron chi connectivity index (χ1n) is 7.63. The molecule has 2 rings (SSSR count). The lowest BCUT2D eigenvalue weighted by molar-refractivity contribution is -0.131. The van der Waals surface area contributed by atoms with E-state index in [4.69, 9.17) is 4.74 Å². The van der Waals surface area contributed by atoms with Crippen LogP contribution in [0.25, 0.3) is 0 Å². The molecule has 0 aliphatic heterocycles. The molecular formula is C18H21N3O3. The molecule has 2 aromatic rings. The summed E-state index contributed by atoms with van der Waals surface area (Å²) in [6.45, 7) is 7.82. The Morgan fingerprint density at radius 3 is 2.67 bits per heavy atom. The van der Waals surface area contributed by atoms with E-state index in [0.717, 1.165) is 11.3 Å². The molecule has 0 aliphatic carbocycles. The average molecular weight is 327 g/mol. The molecule has 0 bridgehead atoms. The fourth-order valence-corrected chi connectivity index (χ4v) is 2.31. The topological polar surface area (TPSA) is 81.2 Å². The highest BCUT2D eigenvalue weighted by molar-refractivity contribution is 5.94. The van der Waals surface area contributed by atoms with E-state index in [0.29, 0.717) is 17.9 Å². The lowest BCUT2D eigenvalue weighted by atomic mass is 9.89. The molecule has 0 atom stereocenters. The number of amides is 1. The smallest absolute Gasteiger partial charge is 0.308 e. The van der Waals surface area contributed by atoms with Crippen molar-refractivity contribution < 1.29 is 14.3 Å². The summed E-state index contributed by atoms with van der Waals surface area (Å²) in [6.07, 6.45) is 3.22. The van der Waals surface area contributed by atoms with Crippen molar-refractivity contribution in [2.75, 3.05) is 0 Å². The highest BCUT2D eigenvalue weighted by Gasteiger charge is 2.20. The third-order valence-electron chi connectivity index (χ3n) is 3.30. The van der Waals surface area contributed by atoms with Gasteiger partial charge in [0.25, 0.3) is 5.91 Å². The Morgan fingerprint density at radius 2 is 2.00 bits per heavy atom. The van der Waals surface area contributed by atoms with E-state index in [9.17, 15) is 9.59 Å². The number of ether oxygens (including phenoxy) is 1. The van der Waals surface area contributed by atoms with E-state index >= 15 is 0 Å². The Balaban J connectivity index is 2.11. The second-order valence-electron chi connectivity index (χ2n) is 6.45. The third-order valence-corrected chi connectivity index (χ3v) is 3.30. The number of hydrogen-bond acceptors (Lipinski definition) is 5. The Labute approximate surface area is 141 Å². The van der Waals surface area contributed by atoms with Gasteiger partial charge >= 0.3 is 5.97 Å². The Bertz CT molecular complexity index is 751. The normalized spacial score (nSPS) is 11.0. The zero-order valence-electron chi connectivity index (χ0n) is 14.3. The fraction of sp³-hybridized carbons (Fsp3) is 0.333. The summed E-state index contributed by atoms with van der Waals surface area (Å²) in [5, 5.41) is 2.85. The molecule has 1 N–H and O–H groups in total. The van der Waals surface area contributed by atoms with Crippen molar-refractivity contribution in [3.63, 3.8) is 0 Å². The SMILES string of the molecule is CC(=O)Oc1cccc(C(=O)NCc2cncnc2C(C)(C)C)c1. The molecule has 0 aliphatic rings. The lowest BCUT2D eigenvalue weighted by Gasteiger charge is -2.21. The molecule has 0 fully saturated rings. The maximum atomic E-state index is 12.3. The van der Waals surface area contributed by atoms with E-state index in [1.807, 2.05) is 0 Å². The zero-order valence-corrected chi connectivity index (χ0v) is 14.3. The number of carbonyl (C=O) groups excluding carboxylic acids is 2. The van der Waals surface area contributed by atoms with Crippen LogP contribution in [-0.4, -0.2) is 21.8 Å². The summed E-state index contributed by atoms with van der Waals surface area (Å²) < 4.78 is 4.99. The van der Waals surface area contributed by atoms with Gasteiger partial charge in [0, 0.05) is 36.2 Å². The van der Waals surface area contributed by atoms with Crippen LogP contribution in [0, 0.1) is 0 Å². The van der Waals surface area contributed by atoms with Crippen molar-refractivity contribution in [3.8, 4) is 5.75 Å². The second-order valence-corrected chi connectivity index (χ2v) is 6.45. The first-order chi connectivity index (χ1) is 11.3. The van der Waals surface area contributed by atoms with Gasteiger partial charge in [0.2, 0.25) is 0 Å². The molecular weight excluding hydrogens is 306 g/mol. The van der Waals surface area contributed by atoms with Gasteiger partial charge in [0.05, 0.1) is 5.69 Å². The summed E-state index contributed by atoms with van der Waals surface area (Å²) >= 11 is 0. The van der Waals surface area contributed by atoms with Gasteiger partial charge in [-0.15, -0.1) is 0 Å². The molecule has 0 unspecified atom stereocenters. The highest BCUT2D eigenvalue weighted by atomic mass is 16.5. The summed E-state index contributed by atoms with van der Waals surface area (Å²) in [5.74, 6) is -0.342. The summed E-state index contributed by atoms with van der Waals surface area (Å²) in [4.78, 5) is 31.7. The molecule has 1 aromatic heterocycles. The number of hydrogen-bond donors (Lipinski definition) is 1. The van der Waals surface area contributed by atoms with Crippen LogP contribution in [0.3, 0.4) is 0 Å².